The van der Waals surface area contributed by atoms with E-state index in [1.54, 1.807) is 0 Å². The molecule has 0 atom stereocenters. The van der Waals surface area contributed by atoms with Crippen LogP contribution < -0.4 is 5.32 Å². The minimum atomic E-state index is -4.48. The predicted molar refractivity (Wildman–Crippen MR) is 89.0 cm³/mol. The molecule has 1 aliphatic rings. The van der Waals surface area contributed by atoms with Gasteiger partial charge in [0.05, 0.1) is 0 Å². The summed E-state index contributed by atoms with van der Waals surface area (Å²) < 4.78 is 37.9. The predicted octanol–water partition coefficient (Wildman–Crippen LogP) is 3.11. The first kappa shape index (κ1) is 18.2. The molecule has 1 saturated heterocycles. The summed E-state index contributed by atoms with van der Waals surface area (Å²) in [6.07, 6.45) is 2.55. The lowest BCUT2D eigenvalue weighted by Crippen LogP contribution is -2.53. The molecule has 0 aromatic heterocycles. The number of nitrogens with one attached hydrogen (secondary N) is 1. The summed E-state index contributed by atoms with van der Waals surface area (Å²) in [6, 6.07) is 5.62. The van der Waals surface area contributed by atoms with Crippen LogP contribution in [0.3, 0.4) is 0 Å². The Balaban J connectivity index is 2.43. The SMILES string of the molecule is C=CCN1C(=O)/C(=C\c2ccccc2SC(F)(F)F)C(=O)NC1=S. The molecule has 0 saturated carbocycles. The summed E-state index contributed by atoms with van der Waals surface area (Å²) >= 11 is 4.59. The summed E-state index contributed by atoms with van der Waals surface area (Å²) in [5.41, 5.74) is -4.66. The van der Waals surface area contributed by atoms with E-state index in [0.717, 1.165) is 11.0 Å². The van der Waals surface area contributed by atoms with Gasteiger partial charge in [0.2, 0.25) is 0 Å². The van der Waals surface area contributed by atoms with Crippen molar-refractivity contribution in [3.8, 4) is 0 Å². The number of thioether (sulfide) groups is 1. The summed E-state index contributed by atoms with van der Waals surface area (Å²) in [6.45, 7) is 3.57. The maximum absolute atomic E-state index is 12.6. The van der Waals surface area contributed by atoms with Gasteiger partial charge in [-0.15, -0.1) is 6.58 Å². The van der Waals surface area contributed by atoms with Crippen molar-refractivity contribution in [2.75, 3.05) is 6.54 Å². The molecule has 9 heteroatoms. The molecule has 0 spiro atoms. The third-order valence-corrected chi connectivity index (χ3v) is 4.09. The van der Waals surface area contributed by atoms with Crippen molar-refractivity contribution in [3.63, 3.8) is 0 Å². The number of nitrogens with zero attached hydrogens (tertiary/aromatic N) is 1. The van der Waals surface area contributed by atoms with E-state index in [2.05, 4.69) is 11.9 Å². The second kappa shape index (κ2) is 7.18. The number of benzene rings is 1. The molecule has 0 unspecified atom stereocenters. The maximum atomic E-state index is 12.6. The van der Waals surface area contributed by atoms with Crippen molar-refractivity contribution in [2.45, 2.75) is 10.4 Å². The van der Waals surface area contributed by atoms with Gasteiger partial charge in [0, 0.05) is 11.4 Å². The standard InChI is InChI=1S/C15H11F3N2O2S2/c1-2-7-20-13(22)10(12(21)19-14(20)23)8-9-5-3-4-6-11(9)24-15(16,17)18/h2-6,8H,1,7H2,(H,19,21,23)/b10-8-. The number of alkyl halides is 3. The van der Waals surface area contributed by atoms with E-state index >= 15 is 0 Å². The average Bonchev–Trinajstić information content (AvgIpc) is 2.48. The van der Waals surface area contributed by atoms with Gasteiger partial charge in [-0.05, 0) is 41.7 Å². The molecule has 0 bridgehead atoms. The molecule has 1 aromatic rings. The van der Waals surface area contributed by atoms with E-state index in [1.807, 2.05) is 0 Å². The van der Waals surface area contributed by atoms with Gasteiger partial charge in [0.1, 0.15) is 5.57 Å². The van der Waals surface area contributed by atoms with E-state index in [1.165, 1.54) is 30.3 Å². The van der Waals surface area contributed by atoms with Gasteiger partial charge in [0.25, 0.3) is 11.8 Å². The van der Waals surface area contributed by atoms with Crippen molar-refractivity contribution in [3.05, 3.63) is 48.1 Å². The van der Waals surface area contributed by atoms with E-state index in [9.17, 15) is 22.8 Å². The first-order chi connectivity index (χ1) is 11.2. The van der Waals surface area contributed by atoms with Crippen LogP contribution in [0.2, 0.25) is 0 Å². The van der Waals surface area contributed by atoms with Crippen LogP contribution in [-0.2, 0) is 9.59 Å². The normalized spacial score (nSPS) is 17.2. The molecule has 24 heavy (non-hydrogen) atoms. The topological polar surface area (TPSA) is 49.4 Å². The minimum absolute atomic E-state index is 0.0694. The Morgan fingerprint density at radius 2 is 1.96 bits per heavy atom. The second-order valence-corrected chi connectivity index (χ2v) is 6.10. The number of amides is 2. The van der Waals surface area contributed by atoms with Crippen molar-refractivity contribution in [1.29, 1.82) is 0 Å². The second-order valence-electron chi connectivity index (χ2n) is 4.61. The van der Waals surface area contributed by atoms with Crippen molar-refractivity contribution >= 4 is 47.0 Å². The van der Waals surface area contributed by atoms with Crippen LogP contribution in [0.4, 0.5) is 13.2 Å². The number of thiocarbonyl (C=S) groups is 1. The molecule has 1 aromatic carbocycles. The number of carbonyl (C=O) groups is 2. The number of carbonyl (C=O) groups excluding carboxylic acids is 2. The average molecular weight is 372 g/mol. The van der Waals surface area contributed by atoms with E-state index in [0.29, 0.717) is 0 Å². The highest BCUT2D eigenvalue weighted by atomic mass is 32.2. The van der Waals surface area contributed by atoms with Crippen molar-refractivity contribution < 1.29 is 22.8 Å². The van der Waals surface area contributed by atoms with E-state index in [4.69, 9.17) is 12.2 Å². The first-order valence-electron chi connectivity index (χ1n) is 6.57. The lowest BCUT2D eigenvalue weighted by atomic mass is 10.1. The third kappa shape index (κ3) is 4.24. The van der Waals surface area contributed by atoms with Gasteiger partial charge >= 0.3 is 5.51 Å². The first-order valence-corrected chi connectivity index (χ1v) is 7.80. The number of halogens is 3. The van der Waals surface area contributed by atoms with Gasteiger partial charge in [-0.25, -0.2) is 0 Å². The van der Waals surface area contributed by atoms with Gasteiger partial charge in [-0.2, -0.15) is 13.2 Å². The fourth-order valence-electron chi connectivity index (χ4n) is 1.96. The van der Waals surface area contributed by atoms with Crippen LogP contribution >= 0.6 is 24.0 Å². The molecule has 4 nitrogen and oxygen atoms in total. The molecule has 1 heterocycles. The molecule has 1 fully saturated rings. The highest BCUT2D eigenvalue weighted by molar-refractivity contribution is 8.00. The van der Waals surface area contributed by atoms with Gasteiger partial charge < -0.3 is 0 Å². The number of hydrogen-bond acceptors (Lipinski definition) is 4. The summed E-state index contributed by atoms with van der Waals surface area (Å²) in [4.78, 5) is 25.4. The Labute approximate surface area is 145 Å². The Morgan fingerprint density at radius 1 is 1.29 bits per heavy atom. The maximum Gasteiger partial charge on any atom is 0.446 e. The fraction of sp³-hybridized carbons (Fsp3) is 0.133. The van der Waals surface area contributed by atoms with E-state index < -0.39 is 17.3 Å². The molecule has 126 valence electrons. The van der Waals surface area contributed by atoms with Crippen LogP contribution in [0.25, 0.3) is 6.08 Å². The molecule has 2 amide bonds. The van der Waals surface area contributed by atoms with E-state index in [-0.39, 0.29) is 39.5 Å². The van der Waals surface area contributed by atoms with Crippen LogP contribution in [0.15, 0.2) is 47.4 Å². The highest BCUT2D eigenvalue weighted by Gasteiger charge is 2.34. The molecular weight excluding hydrogens is 361 g/mol. The number of rotatable bonds is 4. The largest absolute Gasteiger partial charge is 0.446 e. The fourth-order valence-corrected chi connectivity index (χ4v) is 2.85. The molecule has 0 aliphatic carbocycles. The van der Waals surface area contributed by atoms with Crippen LogP contribution in [0.5, 0.6) is 0 Å². The van der Waals surface area contributed by atoms with Gasteiger partial charge in [-0.3, -0.25) is 19.8 Å². The number of hydrogen-bond donors (Lipinski definition) is 1. The molecule has 0 radical (unpaired) electrons. The van der Waals surface area contributed by atoms with Crippen molar-refractivity contribution in [2.24, 2.45) is 0 Å². The lowest BCUT2D eigenvalue weighted by molar-refractivity contribution is -0.128. The molecule has 1 aliphatic heterocycles. The third-order valence-electron chi connectivity index (χ3n) is 2.94. The molecule has 2 rings (SSSR count). The lowest BCUT2D eigenvalue weighted by Gasteiger charge is -2.27. The zero-order chi connectivity index (χ0) is 17.9. The molecular formula is C15H11F3N2O2S2. The summed E-state index contributed by atoms with van der Waals surface area (Å²) in [5, 5.41) is 2.27. The zero-order valence-corrected chi connectivity index (χ0v) is 13.7. The minimum Gasteiger partial charge on any atom is -0.298 e. The van der Waals surface area contributed by atoms with Crippen LogP contribution in [0.1, 0.15) is 5.56 Å². The zero-order valence-electron chi connectivity index (χ0n) is 12.1. The monoisotopic (exact) mass is 372 g/mol. The summed E-state index contributed by atoms with van der Waals surface area (Å²) in [7, 11) is 0. The Morgan fingerprint density at radius 3 is 2.58 bits per heavy atom. The van der Waals surface area contributed by atoms with Crippen LogP contribution in [-0.4, -0.2) is 33.9 Å². The Hall–Kier alpha value is -2.13. The quantitative estimate of drug-likeness (QED) is 0.290. The van der Waals surface area contributed by atoms with Crippen LogP contribution in [0, 0.1) is 0 Å². The van der Waals surface area contributed by atoms with Gasteiger partial charge in [0.15, 0.2) is 5.11 Å². The summed E-state index contributed by atoms with van der Waals surface area (Å²) in [5.74, 6) is -1.44. The smallest absolute Gasteiger partial charge is 0.298 e. The van der Waals surface area contributed by atoms with Crippen molar-refractivity contribution in [1.82, 2.24) is 10.2 Å². The highest BCUT2D eigenvalue weighted by Crippen LogP contribution is 2.39. The Bertz CT molecular complexity index is 744. The molecule has 1 N–H and O–H groups in total. The Kier molecular flexibility index (Phi) is 5.45. The van der Waals surface area contributed by atoms with Gasteiger partial charge in [-0.1, -0.05) is 24.3 Å².